The van der Waals surface area contributed by atoms with Gasteiger partial charge in [-0.1, -0.05) is 12.5 Å². The second kappa shape index (κ2) is 9.16. The number of carbonyl (C=O) groups excluding carboxylic acids is 1. The molecule has 114 valence electrons. The maximum atomic E-state index is 12.1. The number of hydrogen-bond donors (Lipinski definition) is 2. The molecule has 0 aromatic carbocycles. The van der Waals surface area contributed by atoms with E-state index in [0.717, 1.165) is 30.5 Å². The van der Waals surface area contributed by atoms with Crippen LogP contribution < -0.4 is 11.1 Å². The van der Waals surface area contributed by atoms with Crippen molar-refractivity contribution in [1.82, 2.24) is 10.3 Å². The van der Waals surface area contributed by atoms with Gasteiger partial charge in [0.15, 0.2) is 0 Å². The van der Waals surface area contributed by atoms with Crippen molar-refractivity contribution in [3.05, 3.63) is 29.6 Å². The summed E-state index contributed by atoms with van der Waals surface area (Å²) >= 11 is 0. The molecular formula is C14H23Cl2N3O. The number of amides is 1. The molecule has 1 fully saturated rings. The van der Waals surface area contributed by atoms with Crippen LogP contribution in [-0.2, 0) is 11.3 Å². The van der Waals surface area contributed by atoms with Gasteiger partial charge in [0, 0.05) is 12.1 Å². The van der Waals surface area contributed by atoms with Crippen molar-refractivity contribution in [2.45, 2.75) is 32.7 Å². The maximum absolute atomic E-state index is 12.1. The summed E-state index contributed by atoms with van der Waals surface area (Å²) in [5.74, 6) is 0.585. The van der Waals surface area contributed by atoms with Crippen molar-refractivity contribution in [1.29, 1.82) is 0 Å². The van der Waals surface area contributed by atoms with E-state index < -0.39 is 0 Å². The number of nitrogens with zero attached hydrogens (tertiary/aromatic N) is 1. The third kappa shape index (κ3) is 4.62. The molecule has 0 spiro atoms. The van der Waals surface area contributed by atoms with Crippen LogP contribution in [0.15, 0.2) is 18.3 Å². The van der Waals surface area contributed by atoms with Gasteiger partial charge in [-0.3, -0.25) is 9.78 Å². The lowest BCUT2D eigenvalue weighted by atomic mass is 9.95. The van der Waals surface area contributed by atoms with Crippen molar-refractivity contribution >= 4 is 30.7 Å². The fraction of sp³-hybridized carbons (Fsp3) is 0.571. The van der Waals surface area contributed by atoms with Crippen LogP contribution in [-0.4, -0.2) is 17.4 Å². The van der Waals surface area contributed by atoms with E-state index in [0.29, 0.717) is 19.0 Å². The van der Waals surface area contributed by atoms with Gasteiger partial charge < -0.3 is 11.1 Å². The van der Waals surface area contributed by atoms with Crippen LogP contribution in [0.4, 0.5) is 0 Å². The lowest BCUT2D eigenvalue weighted by Crippen LogP contribution is -2.35. The molecule has 1 aliphatic carbocycles. The van der Waals surface area contributed by atoms with E-state index in [1.54, 1.807) is 6.20 Å². The molecule has 0 saturated heterocycles. The zero-order valence-electron chi connectivity index (χ0n) is 11.7. The zero-order valence-corrected chi connectivity index (χ0v) is 13.3. The number of aryl methyl sites for hydroxylation is 1. The molecule has 1 amide bonds. The van der Waals surface area contributed by atoms with Gasteiger partial charge in [0.25, 0.3) is 0 Å². The molecule has 1 aliphatic rings. The second-order valence-electron chi connectivity index (χ2n) is 5.02. The highest BCUT2D eigenvalue weighted by molar-refractivity contribution is 5.85. The van der Waals surface area contributed by atoms with Crippen LogP contribution in [0.25, 0.3) is 0 Å². The predicted octanol–water partition coefficient (Wildman–Crippen LogP) is 2.22. The minimum atomic E-state index is 0. The highest BCUT2D eigenvalue weighted by atomic mass is 35.5. The second-order valence-corrected chi connectivity index (χ2v) is 5.02. The molecule has 2 rings (SSSR count). The third-order valence-corrected chi connectivity index (χ3v) is 3.85. The van der Waals surface area contributed by atoms with Crippen molar-refractivity contribution in [3.8, 4) is 0 Å². The van der Waals surface area contributed by atoms with Crippen molar-refractivity contribution in [2.75, 3.05) is 6.54 Å². The number of halogens is 2. The smallest absolute Gasteiger partial charge is 0.223 e. The Morgan fingerprint density at radius 3 is 2.85 bits per heavy atom. The molecule has 4 nitrogen and oxygen atoms in total. The fourth-order valence-corrected chi connectivity index (χ4v) is 2.67. The highest BCUT2D eigenvalue weighted by Crippen LogP contribution is 2.30. The van der Waals surface area contributed by atoms with Gasteiger partial charge in [-0.25, -0.2) is 0 Å². The first-order valence-electron chi connectivity index (χ1n) is 6.60. The van der Waals surface area contributed by atoms with Crippen molar-refractivity contribution in [2.24, 2.45) is 17.6 Å². The molecule has 1 saturated carbocycles. The normalized spacial score (nSPS) is 20.7. The maximum Gasteiger partial charge on any atom is 0.223 e. The van der Waals surface area contributed by atoms with Crippen molar-refractivity contribution in [3.63, 3.8) is 0 Å². The van der Waals surface area contributed by atoms with E-state index in [4.69, 9.17) is 5.73 Å². The van der Waals surface area contributed by atoms with Crippen LogP contribution in [0.2, 0.25) is 0 Å². The Morgan fingerprint density at radius 1 is 1.45 bits per heavy atom. The van der Waals surface area contributed by atoms with Gasteiger partial charge in [0.2, 0.25) is 5.91 Å². The van der Waals surface area contributed by atoms with E-state index in [9.17, 15) is 4.79 Å². The monoisotopic (exact) mass is 319 g/mol. The summed E-state index contributed by atoms with van der Waals surface area (Å²) in [6.45, 7) is 3.13. The molecule has 20 heavy (non-hydrogen) atoms. The van der Waals surface area contributed by atoms with Crippen LogP contribution in [0.1, 0.15) is 30.5 Å². The SMILES string of the molecule is Cc1cccnc1CNC(=O)[C@@H]1CCC[C@@H]1CN.Cl.Cl. The summed E-state index contributed by atoms with van der Waals surface area (Å²) in [6.07, 6.45) is 4.92. The Balaban J connectivity index is 0.00000180. The van der Waals surface area contributed by atoms with Crippen LogP contribution in [0, 0.1) is 18.8 Å². The van der Waals surface area contributed by atoms with Gasteiger partial charge >= 0.3 is 0 Å². The lowest BCUT2D eigenvalue weighted by molar-refractivity contribution is -0.126. The van der Waals surface area contributed by atoms with Gasteiger partial charge in [-0.05, 0) is 43.9 Å². The molecule has 3 N–H and O–H groups in total. The van der Waals surface area contributed by atoms with Crippen LogP contribution in [0.5, 0.6) is 0 Å². The Labute approximate surface area is 132 Å². The molecule has 1 aromatic heterocycles. The molecular weight excluding hydrogens is 297 g/mol. The molecule has 0 aliphatic heterocycles. The topological polar surface area (TPSA) is 68.0 Å². The quantitative estimate of drug-likeness (QED) is 0.894. The summed E-state index contributed by atoms with van der Waals surface area (Å²) in [6, 6.07) is 3.91. The number of nitrogens with one attached hydrogen (secondary N) is 1. The molecule has 0 unspecified atom stereocenters. The van der Waals surface area contributed by atoms with E-state index >= 15 is 0 Å². The number of rotatable bonds is 4. The molecule has 2 atom stereocenters. The van der Waals surface area contributed by atoms with Gasteiger partial charge in [0.1, 0.15) is 0 Å². The standard InChI is InChI=1S/C14H21N3O.2ClH/c1-10-4-3-7-16-13(10)9-17-14(18)12-6-2-5-11(12)8-15;;/h3-4,7,11-12H,2,5-6,8-9,15H2,1H3,(H,17,18);2*1H/t11-,12-;;/m1../s1. The highest BCUT2D eigenvalue weighted by Gasteiger charge is 2.31. The Bertz CT molecular complexity index is 429. The number of pyridine rings is 1. The largest absolute Gasteiger partial charge is 0.350 e. The van der Waals surface area contributed by atoms with Crippen molar-refractivity contribution < 1.29 is 4.79 Å². The molecule has 6 heteroatoms. The van der Waals surface area contributed by atoms with E-state index in [1.807, 2.05) is 19.1 Å². The van der Waals surface area contributed by atoms with E-state index in [2.05, 4.69) is 10.3 Å². The number of aromatic nitrogens is 1. The zero-order chi connectivity index (χ0) is 13.0. The average Bonchev–Trinajstić information content (AvgIpc) is 2.86. The molecule has 1 aromatic rings. The first-order valence-corrected chi connectivity index (χ1v) is 6.60. The minimum absolute atomic E-state index is 0. The molecule has 0 bridgehead atoms. The number of carbonyl (C=O) groups is 1. The van der Waals surface area contributed by atoms with Gasteiger partial charge in [-0.15, -0.1) is 24.8 Å². The first-order chi connectivity index (χ1) is 8.72. The third-order valence-electron chi connectivity index (χ3n) is 3.85. The number of hydrogen-bond acceptors (Lipinski definition) is 3. The predicted molar refractivity (Wildman–Crippen MR) is 85.2 cm³/mol. The number of nitrogens with two attached hydrogens (primary N) is 1. The summed E-state index contributed by atoms with van der Waals surface area (Å²) in [5, 5.41) is 2.99. The summed E-state index contributed by atoms with van der Waals surface area (Å²) < 4.78 is 0. The first kappa shape index (κ1) is 19.2. The Morgan fingerprint density at radius 2 is 2.20 bits per heavy atom. The molecule has 0 radical (unpaired) electrons. The Kier molecular flexibility index (Phi) is 8.78. The van der Waals surface area contributed by atoms with E-state index in [1.165, 1.54) is 0 Å². The summed E-state index contributed by atoms with van der Waals surface area (Å²) in [4.78, 5) is 16.4. The lowest BCUT2D eigenvalue weighted by Gasteiger charge is -2.17. The van der Waals surface area contributed by atoms with Gasteiger partial charge in [0.05, 0.1) is 12.2 Å². The summed E-state index contributed by atoms with van der Waals surface area (Å²) in [7, 11) is 0. The van der Waals surface area contributed by atoms with Gasteiger partial charge in [-0.2, -0.15) is 0 Å². The minimum Gasteiger partial charge on any atom is -0.350 e. The Hall–Kier alpha value is -0.840. The van der Waals surface area contributed by atoms with E-state index in [-0.39, 0.29) is 36.6 Å². The van der Waals surface area contributed by atoms with Crippen LogP contribution >= 0.6 is 24.8 Å². The molecule has 1 heterocycles. The fourth-order valence-electron chi connectivity index (χ4n) is 2.67. The van der Waals surface area contributed by atoms with Crippen LogP contribution in [0.3, 0.4) is 0 Å². The average molecular weight is 320 g/mol. The summed E-state index contributed by atoms with van der Waals surface area (Å²) in [5.41, 5.74) is 7.75.